The smallest absolute Gasteiger partial charge is 0.411 e. The normalized spacial score (nSPS) is 22.7. The number of benzene rings is 2. The summed E-state index contributed by atoms with van der Waals surface area (Å²) in [5.41, 5.74) is -1.98. The second kappa shape index (κ2) is 13.5. The highest BCUT2D eigenvalue weighted by atomic mass is 35.5. The Hall–Kier alpha value is -2.92. The number of thiophene rings is 1. The third kappa shape index (κ3) is 6.71. The van der Waals surface area contributed by atoms with E-state index in [1.165, 1.54) is 37.3 Å². The predicted molar refractivity (Wildman–Crippen MR) is 183 cm³/mol. The molecular formula is C32H40ClN3O9S2. The molecule has 1 amide bonds. The van der Waals surface area contributed by atoms with E-state index in [-0.39, 0.29) is 38.3 Å². The summed E-state index contributed by atoms with van der Waals surface area (Å²) in [4.78, 5) is 26.3. The number of carboxylic acids is 1. The molecule has 2 unspecified atom stereocenters. The first-order valence-electron chi connectivity index (χ1n) is 15.1. The number of anilines is 3. The van der Waals surface area contributed by atoms with Gasteiger partial charge in [-0.15, -0.1) is 22.1 Å². The molecule has 0 bridgehead atoms. The number of para-hydroxylation sites is 1. The lowest BCUT2D eigenvalue weighted by Gasteiger charge is -2.52. The van der Waals surface area contributed by atoms with Gasteiger partial charge in [0, 0.05) is 36.2 Å². The van der Waals surface area contributed by atoms with Crippen LogP contribution in [-0.2, 0) is 9.47 Å². The Balaban J connectivity index is 1.63. The van der Waals surface area contributed by atoms with E-state index >= 15 is 0 Å². The highest BCUT2D eigenvalue weighted by molar-refractivity contribution is 8.22. The monoisotopic (exact) mass is 709 g/mol. The van der Waals surface area contributed by atoms with Gasteiger partial charge < -0.3 is 29.7 Å². The molecule has 2 aromatic carbocycles. The summed E-state index contributed by atoms with van der Waals surface area (Å²) in [6, 6.07) is 13.1. The number of hydrogen-bond acceptors (Lipinski definition) is 11. The summed E-state index contributed by atoms with van der Waals surface area (Å²) in [6.07, 6.45) is 1.25. The Morgan fingerprint density at radius 2 is 1.79 bits per heavy atom. The fourth-order valence-electron chi connectivity index (χ4n) is 6.06. The number of nitrogens with one attached hydrogen (secondary N) is 1. The molecule has 2 aliphatic rings. The number of ether oxygens (including phenoxy) is 2. The molecule has 1 aromatic heterocycles. The molecule has 1 aliphatic heterocycles. The van der Waals surface area contributed by atoms with Crippen LogP contribution in [0.1, 0.15) is 55.6 Å². The number of carbonyl (C=O) groups is 2. The van der Waals surface area contributed by atoms with E-state index in [2.05, 4.69) is 5.32 Å². The van der Waals surface area contributed by atoms with Gasteiger partial charge in [-0.1, -0.05) is 49.1 Å². The molecule has 47 heavy (non-hydrogen) atoms. The van der Waals surface area contributed by atoms with Crippen molar-refractivity contribution in [3.8, 4) is 10.4 Å². The van der Waals surface area contributed by atoms with Crippen LogP contribution in [0.2, 0.25) is 5.02 Å². The fraction of sp³-hybridized carbons (Fsp3) is 0.438. The van der Waals surface area contributed by atoms with Gasteiger partial charge in [0.25, 0.3) is 0 Å². The lowest BCUT2D eigenvalue weighted by Crippen LogP contribution is -2.63. The van der Waals surface area contributed by atoms with E-state index in [1.807, 2.05) is 0 Å². The number of aromatic carboxylic acids is 1. The van der Waals surface area contributed by atoms with Gasteiger partial charge in [-0.3, -0.25) is 14.4 Å². The molecule has 5 rings (SSSR count). The van der Waals surface area contributed by atoms with Crippen molar-refractivity contribution in [3.05, 3.63) is 58.4 Å². The number of rotatable bonds is 8. The Bertz CT molecular complexity index is 1630. The first-order chi connectivity index (χ1) is 22.1. The molecule has 0 saturated heterocycles. The van der Waals surface area contributed by atoms with Gasteiger partial charge in [-0.25, -0.2) is 9.59 Å². The summed E-state index contributed by atoms with van der Waals surface area (Å²) in [5.74, 6) is -1.78. The molecule has 2 heterocycles. The van der Waals surface area contributed by atoms with Crippen molar-refractivity contribution in [2.45, 2.75) is 68.4 Å². The maximum absolute atomic E-state index is 12.6. The van der Waals surface area contributed by atoms with Gasteiger partial charge in [-0.2, -0.15) is 4.31 Å². The fourth-order valence-corrected chi connectivity index (χ4v) is 9.02. The van der Waals surface area contributed by atoms with Gasteiger partial charge in [0.05, 0.1) is 26.9 Å². The SMILES string of the molecule is COC(C)(C)COC(=O)Nc1cc(-c2cc3c(cc2Cl)N(c2ccccc2)C(O)C(O)(C2CCCCC2)N(C)S3(O)O)sc1C(=O)O. The maximum Gasteiger partial charge on any atom is 0.411 e. The third-order valence-electron chi connectivity index (χ3n) is 8.89. The van der Waals surface area contributed by atoms with Crippen LogP contribution < -0.4 is 10.2 Å². The van der Waals surface area contributed by atoms with Crippen molar-refractivity contribution in [3.63, 3.8) is 0 Å². The molecule has 3 aromatic rings. The van der Waals surface area contributed by atoms with Crippen LogP contribution in [0.4, 0.5) is 21.9 Å². The molecule has 2 atom stereocenters. The van der Waals surface area contributed by atoms with Gasteiger partial charge >= 0.3 is 12.1 Å². The largest absolute Gasteiger partial charge is 0.477 e. The highest BCUT2D eigenvalue weighted by Gasteiger charge is 2.57. The minimum Gasteiger partial charge on any atom is -0.477 e. The maximum atomic E-state index is 12.6. The molecule has 15 heteroatoms. The molecule has 256 valence electrons. The predicted octanol–water partition coefficient (Wildman–Crippen LogP) is 7.44. The summed E-state index contributed by atoms with van der Waals surface area (Å²) < 4.78 is 35.4. The number of hydrogen-bond donors (Lipinski definition) is 6. The van der Waals surface area contributed by atoms with E-state index in [1.54, 1.807) is 44.2 Å². The molecule has 12 nitrogen and oxygen atoms in total. The van der Waals surface area contributed by atoms with Crippen LogP contribution in [0.5, 0.6) is 0 Å². The van der Waals surface area contributed by atoms with Gasteiger partial charge in [0.2, 0.25) is 0 Å². The van der Waals surface area contributed by atoms with Crippen molar-refractivity contribution < 1.29 is 43.5 Å². The van der Waals surface area contributed by atoms with Crippen LogP contribution in [-0.4, -0.2) is 79.1 Å². The lowest BCUT2D eigenvalue weighted by atomic mass is 9.80. The van der Waals surface area contributed by atoms with Crippen LogP contribution in [0.15, 0.2) is 53.4 Å². The molecule has 0 spiro atoms. The topological polar surface area (TPSA) is 172 Å². The summed E-state index contributed by atoms with van der Waals surface area (Å²) in [5, 5.41) is 37.0. The summed E-state index contributed by atoms with van der Waals surface area (Å²) in [7, 11) is -1.13. The Morgan fingerprint density at radius 1 is 1.13 bits per heavy atom. The van der Waals surface area contributed by atoms with Gasteiger partial charge in [-0.05, 0) is 57.0 Å². The Labute approximate surface area is 284 Å². The zero-order valence-electron chi connectivity index (χ0n) is 26.5. The summed E-state index contributed by atoms with van der Waals surface area (Å²) >= 11 is 7.68. The number of halogens is 1. The number of amides is 1. The first-order valence-corrected chi connectivity index (χ1v) is 17.8. The van der Waals surface area contributed by atoms with E-state index < -0.39 is 46.3 Å². The highest BCUT2D eigenvalue weighted by Crippen LogP contribution is 2.64. The Morgan fingerprint density at radius 3 is 2.40 bits per heavy atom. The van der Waals surface area contributed by atoms with Crippen LogP contribution in [0.3, 0.4) is 0 Å². The van der Waals surface area contributed by atoms with E-state index in [0.717, 1.165) is 34.9 Å². The second-order valence-corrected chi connectivity index (χ2v) is 15.8. The van der Waals surface area contributed by atoms with Gasteiger partial charge in [0.15, 0.2) is 12.0 Å². The molecule has 6 N–H and O–H groups in total. The lowest BCUT2D eigenvalue weighted by molar-refractivity contribution is -0.180. The van der Waals surface area contributed by atoms with E-state index in [0.29, 0.717) is 23.4 Å². The minimum absolute atomic E-state index is 0.0324. The molecule has 1 fully saturated rings. The van der Waals surface area contributed by atoms with E-state index in [4.69, 9.17) is 21.1 Å². The zero-order chi connectivity index (χ0) is 34.3. The number of fused-ring (bicyclic) bond motifs is 1. The number of carboxylic acid groups (broad SMARTS) is 1. The average Bonchev–Trinajstić information content (AvgIpc) is 3.46. The zero-order valence-corrected chi connectivity index (χ0v) is 28.9. The van der Waals surface area contributed by atoms with Crippen LogP contribution in [0.25, 0.3) is 10.4 Å². The van der Waals surface area contributed by atoms with Crippen molar-refractivity contribution in [2.24, 2.45) is 5.92 Å². The van der Waals surface area contributed by atoms with Crippen molar-refractivity contribution in [1.29, 1.82) is 0 Å². The van der Waals surface area contributed by atoms with E-state index in [9.17, 15) is 34.0 Å². The number of aliphatic hydroxyl groups excluding tert-OH is 1. The molecule has 0 radical (unpaired) electrons. The van der Waals surface area contributed by atoms with Crippen molar-refractivity contribution in [1.82, 2.24) is 4.31 Å². The standard InChI is InChI=1S/C32H40ClN3O9S2/c1-31(2,44-4)18-45-30(40)34-23-17-25(46-27(23)28(37)38)21-15-26-24(16-22(21)33)36(20-13-9-6-10-14-20)29(39)32(41,35(3)47(26,42)43)19-11-7-5-8-12-19/h6,9-10,13-17,19,29,39,41-43H,5,7-8,11-12,18H2,1-4H3,(H,34,40)(H,37,38). The number of aliphatic hydroxyl groups is 2. The average molecular weight is 710 g/mol. The third-order valence-corrected chi connectivity index (χ3v) is 12.3. The number of carbonyl (C=O) groups excluding carboxylic acids is 1. The molecule has 1 aliphatic carbocycles. The van der Waals surface area contributed by atoms with Crippen molar-refractivity contribution in [2.75, 3.05) is 31.0 Å². The second-order valence-electron chi connectivity index (χ2n) is 12.3. The van der Waals surface area contributed by atoms with Crippen molar-refractivity contribution >= 4 is 62.8 Å². The number of methoxy groups -OCH3 is 1. The number of nitrogens with zero attached hydrogens (tertiary/aromatic N) is 2. The van der Waals surface area contributed by atoms with Gasteiger partial charge in [0.1, 0.15) is 11.5 Å². The van der Waals surface area contributed by atoms with Crippen LogP contribution in [0, 0.1) is 5.92 Å². The molecule has 1 saturated carbocycles. The molecular weight excluding hydrogens is 670 g/mol. The van der Waals surface area contributed by atoms with Crippen LogP contribution >= 0.6 is 33.7 Å². The summed E-state index contributed by atoms with van der Waals surface area (Å²) in [6.45, 7) is 3.36. The number of likely N-dealkylation sites (N-methyl/N-ethyl adjacent to an activating group) is 1. The first kappa shape index (κ1) is 35.4. The minimum atomic E-state index is -3.99. The quantitative estimate of drug-likeness (QED) is 0.137. The Kier molecular flexibility index (Phi) is 10.2.